The molecule has 2 atom stereocenters. The van der Waals surface area contributed by atoms with E-state index in [0.29, 0.717) is 25.0 Å². The van der Waals surface area contributed by atoms with Crippen LogP contribution in [0.2, 0.25) is 0 Å². The minimum Gasteiger partial charge on any atom is -0.449 e. The molecule has 1 fully saturated rings. The van der Waals surface area contributed by atoms with Crippen molar-refractivity contribution < 1.29 is 14.6 Å². The highest BCUT2D eigenvalue weighted by molar-refractivity contribution is 5.79. The second-order valence-electron chi connectivity index (χ2n) is 7.69. The van der Waals surface area contributed by atoms with Crippen molar-refractivity contribution in [3.63, 3.8) is 0 Å². The number of nitrogens with one attached hydrogen (secondary N) is 1. The van der Waals surface area contributed by atoms with Crippen molar-refractivity contribution in [3.8, 4) is 11.1 Å². The lowest BCUT2D eigenvalue weighted by molar-refractivity contribution is 0.119. The van der Waals surface area contributed by atoms with Crippen molar-refractivity contribution >= 4 is 6.09 Å². The average Bonchev–Trinajstić information content (AvgIpc) is 3.05. The van der Waals surface area contributed by atoms with Crippen molar-refractivity contribution in [1.82, 2.24) is 5.32 Å². The Morgan fingerprint density at radius 3 is 2.19 bits per heavy atom. The molecule has 2 N–H and O–H groups in total. The van der Waals surface area contributed by atoms with E-state index in [1.165, 1.54) is 35.1 Å². The van der Waals surface area contributed by atoms with Crippen molar-refractivity contribution in [2.75, 3.05) is 19.8 Å². The van der Waals surface area contributed by atoms with Crippen LogP contribution >= 0.6 is 0 Å². The summed E-state index contributed by atoms with van der Waals surface area (Å²) < 4.78 is 5.59. The maximum absolute atomic E-state index is 12.3. The Labute approximate surface area is 160 Å². The Bertz CT molecular complexity index is 758. The van der Waals surface area contributed by atoms with E-state index >= 15 is 0 Å². The van der Waals surface area contributed by atoms with Gasteiger partial charge in [0.05, 0.1) is 0 Å². The summed E-state index contributed by atoms with van der Waals surface area (Å²) in [7, 11) is 0. The number of carbonyl (C=O) groups excluding carboxylic acids is 1. The lowest BCUT2D eigenvalue weighted by Crippen LogP contribution is -2.36. The lowest BCUT2D eigenvalue weighted by Gasteiger charge is -2.30. The molecule has 27 heavy (non-hydrogen) atoms. The fraction of sp³-hybridized carbons (Fsp3) is 0.435. The van der Waals surface area contributed by atoms with E-state index in [-0.39, 0.29) is 18.6 Å². The van der Waals surface area contributed by atoms with Gasteiger partial charge in [-0.1, -0.05) is 61.4 Å². The highest BCUT2D eigenvalue weighted by atomic mass is 16.5. The largest absolute Gasteiger partial charge is 0.449 e. The molecule has 2 aromatic rings. The van der Waals surface area contributed by atoms with Crippen LogP contribution in [-0.4, -0.2) is 31.0 Å². The summed E-state index contributed by atoms with van der Waals surface area (Å²) in [5.41, 5.74) is 4.91. The summed E-state index contributed by atoms with van der Waals surface area (Å²) in [6.45, 7) is 1.13. The summed E-state index contributed by atoms with van der Waals surface area (Å²) in [5.74, 6) is 0.736. The summed E-state index contributed by atoms with van der Waals surface area (Å²) in [5, 5.41) is 12.4. The number of hydrogen-bond acceptors (Lipinski definition) is 3. The standard InChI is InChI=1S/C23H27NO3/c25-14-17-8-2-1-7-16(17)13-24-23(26)27-15-22-20-11-5-3-9-18(20)19-10-4-6-12-21(19)22/h3-6,9-12,16-17,22,25H,1-2,7-8,13-15H2,(H,24,26). The monoisotopic (exact) mass is 365 g/mol. The van der Waals surface area contributed by atoms with E-state index in [0.717, 1.165) is 12.8 Å². The van der Waals surface area contributed by atoms with E-state index in [9.17, 15) is 9.90 Å². The Morgan fingerprint density at radius 1 is 0.963 bits per heavy atom. The smallest absolute Gasteiger partial charge is 0.407 e. The van der Waals surface area contributed by atoms with Gasteiger partial charge in [-0.2, -0.15) is 0 Å². The molecule has 0 radical (unpaired) electrons. The van der Waals surface area contributed by atoms with Gasteiger partial charge in [-0.05, 0) is 46.9 Å². The van der Waals surface area contributed by atoms with Crippen LogP contribution in [0.3, 0.4) is 0 Å². The Morgan fingerprint density at radius 2 is 1.56 bits per heavy atom. The molecule has 4 heteroatoms. The number of aliphatic hydroxyl groups is 1. The predicted octanol–water partition coefficient (Wildman–Crippen LogP) is 4.32. The number of benzene rings is 2. The van der Waals surface area contributed by atoms with Crippen LogP contribution in [0.1, 0.15) is 42.7 Å². The molecule has 2 unspecified atom stereocenters. The molecular formula is C23H27NO3. The van der Waals surface area contributed by atoms with Gasteiger partial charge >= 0.3 is 6.09 Å². The molecule has 0 aromatic heterocycles. The van der Waals surface area contributed by atoms with Gasteiger partial charge in [-0.15, -0.1) is 0 Å². The van der Waals surface area contributed by atoms with Gasteiger partial charge in [0.15, 0.2) is 0 Å². The zero-order valence-corrected chi connectivity index (χ0v) is 15.6. The Kier molecular flexibility index (Phi) is 5.44. The number of fused-ring (bicyclic) bond motifs is 3. The zero-order valence-electron chi connectivity index (χ0n) is 15.6. The fourth-order valence-corrected chi connectivity index (χ4v) is 4.66. The van der Waals surface area contributed by atoms with E-state index < -0.39 is 0 Å². The van der Waals surface area contributed by atoms with Crippen LogP contribution in [0.15, 0.2) is 48.5 Å². The third-order valence-corrected chi connectivity index (χ3v) is 6.15. The quantitative estimate of drug-likeness (QED) is 0.829. The summed E-state index contributed by atoms with van der Waals surface area (Å²) >= 11 is 0. The lowest BCUT2D eigenvalue weighted by atomic mass is 9.80. The molecule has 0 spiro atoms. The molecule has 0 aliphatic heterocycles. The van der Waals surface area contributed by atoms with Crippen molar-refractivity contribution in [2.45, 2.75) is 31.6 Å². The van der Waals surface area contributed by atoms with Crippen LogP contribution in [0.25, 0.3) is 11.1 Å². The number of carbonyl (C=O) groups is 1. The van der Waals surface area contributed by atoms with Gasteiger partial charge in [0, 0.05) is 19.1 Å². The second kappa shape index (κ2) is 8.13. The number of hydrogen-bond donors (Lipinski definition) is 2. The molecule has 0 heterocycles. The van der Waals surface area contributed by atoms with Gasteiger partial charge in [-0.25, -0.2) is 4.79 Å². The molecular weight excluding hydrogens is 338 g/mol. The number of ether oxygens (including phenoxy) is 1. The number of amides is 1. The SMILES string of the molecule is O=C(NCC1CCCCC1CO)OCC1c2ccccc2-c2ccccc21. The molecule has 142 valence electrons. The molecule has 4 rings (SSSR count). The number of alkyl carbamates (subject to hydrolysis) is 1. The number of rotatable bonds is 5. The molecule has 2 aliphatic carbocycles. The van der Waals surface area contributed by atoms with Crippen LogP contribution in [-0.2, 0) is 4.74 Å². The topological polar surface area (TPSA) is 58.6 Å². The van der Waals surface area contributed by atoms with E-state index in [1.54, 1.807) is 0 Å². The Hall–Kier alpha value is -2.33. The minimum absolute atomic E-state index is 0.0861. The van der Waals surface area contributed by atoms with Gasteiger partial charge in [0.2, 0.25) is 0 Å². The van der Waals surface area contributed by atoms with Crippen LogP contribution in [0.5, 0.6) is 0 Å². The normalized spacial score (nSPS) is 21.4. The maximum atomic E-state index is 12.3. The predicted molar refractivity (Wildman–Crippen MR) is 106 cm³/mol. The highest BCUT2D eigenvalue weighted by Crippen LogP contribution is 2.44. The van der Waals surface area contributed by atoms with Crippen molar-refractivity contribution in [2.24, 2.45) is 11.8 Å². The van der Waals surface area contributed by atoms with Gasteiger partial charge in [0.25, 0.3) is 0 Å². The first-order valence-corrected chi connectivity index (χ1v) is 9.97. The first kappa shape index (κ1) is 18.1. The molecule has 4 nitrogen and oxygen atoms in total. The molecule has 1 amide bonds. The number of aliphatic hydroxyl groups excluding tert-OH is 1. The van der Waals surface area contributed by atoms with Crippen LogP contribution in [0.4, 0.5) is 4.79 Å². The van der Waals surface area contributed by atoms with E-state index in [2.05, 4.69) is 29.6 Å². The molecule has 0 saturated heterocycles. The van der Waals surface area contributed by atoms with Gasteiger partial charge in [-0.3, -0.25) is 0 Å². The summed E-state index contributed by atoms with van der Waals surface area (Å²) in [6, 6.07) is 16.7. The average molecular weight is 365 g/mol. The van der Waals surface area contributed by atoms with Crippen molar-refractivity contribution in [3.05, 3.63) is 59.7 Å². The zero-order chi connectivity index (χ0) is 18.6. The second-order valence-corrected chi connectivity index (χ2v) is 7.69. The van der Waals surface area contributed by atoms with Crippen LogP contribution < -0.4 is 5.32 Å². The minimum atomic E-state index is -0.362. The first-order valence-electron chi connectivity index (χ1n) is 9.97. The third kappa shape index (κ3) is 3.72. The molecule has 0 bridgehead atoms. The van der Waals surface area contributed by atoms with Gasteiger partial charge in [0.1, 0.15) is 6.61 Å². The van der Waals surface area contributed by atoms with Crippen LogP contribution in [0, 0.1) is 11.8 Å². The van der Waals surface area contributed by atoms with Crippen molar-refractivity contribution in [1.29, 1.82) is 0 Å². The van der Waals surface area contributed by atoms with E-state index in [4.69, 9.17) is 4.74 Å². The summed E-state index contributed by atoms with van der Waals surface area (Å²) in [4.78, 5) is 12.3. The van der Waals surface area contributed by atoms with Gasteiger partial charge < -0.3 is 15.2 Å². The maximum Gasteiger partial charge on any atom is 0.407 e. The highest BCUT2D eigenvalue weighted by Gasteiger charge is 2.29. The summed E-state index contributed by atoms with van der Waals surface area (Å²) in [6.07, 6.45) is 4.10. The Balaban J connectivity index is 1.37. The molecule has 1 saturated carbocycles. The van der Waals surface area contributed by atoms with E-state index in [1.807, 2.05) is 24.3 Å². The third-order valence-electron chi connectivity index (χ3n) is 6.15. The fourth-order valence-electron chi connectivity index (χ4n) is 4.66. The first-order chi connectivity index (χ1) is 13.3. The molecule has 2 aromatic carbocycles. The molecule has 2 aliphatic rings.